The van der Waals surface area contributed by atoms with Crippen molar-refractivity contribution in [1.29, 1.82) is 0 Å². The number of nitrogens with zero attached hydrogens (tertiary/aromatic N) is 1. The molecule has 3 fully saturated rings. The monoisotopic (exact) mass is 264 g/mol. The second kappa shape index (κ2) is 5.82. The zero-order chi connectivity index (χ0) is 13.1. The van der Waals surface area contributed by atoms with E-state index in [1.165, 1.54) is 51.4 Å². The summed E-state index contributed by atoms with van der Waals surface area (Å²) in [6.45, 7) is 3.28. The lowest BCUT2D eigenvalue weighted by Crippen LogP contribution is -2.48. The van der Waals surface area contributed by atoms with Crippen molar-refractivity contribution in [2.24, 2.45) is 5.92 Å². The summed E-state index contributed by atoms with van der Waals surface area (Å²) in [6.07, 6.45) is 12.4. The summed E-state index contributed by atoms with van der Waals surface area (Å²) in [5, 5.41) is 3.50. The van der Waals surface area contributed by atoms with Gasteiger partial charge in [0.15, 0.2) is 0 Å². The van der Waals surface area contributed by atoms with Gasteiger partial charge in [-0.05, 0) is 57.5 Å². The first-order chi connectivity index (χ1) is 9.30. The zero-order valence-electron chi connectivity index (χ0n) is 12.1. The molecule has 0 aromatic heterocycles. The molecule has 1 saturated carbocycles. The smallest absolute Gasteiger partial charge is 0.223 e. The van der Waals surface area contributed by atoms with Gasteiger partial charge in [0.2, 0.25) is 5.91 Å². The summed E-state index contributed by atoms with van der Waals surface area (Å²) in [5.74, 6) is 1.22. The molecule has 0 bridgehead atoms. The fourth-order valence-electron chi connectivity index (χ4n) is 4.43. The van der Waals surface area contributed by atoms with E-state index in [-0.39, 0.29) is 5.54 Å². The molecule has 19 heavy (non-hydrogen) atoms. The quantitative estimate of drug-likeness (QED) is 0.831. The molecule has 0 aromatic rings. The molecule has 2 heterocycles. The van der Waals surface area contributed by atoms with Crippen LogP contribution in [0.15, 0.2) is 0 Å². The van der Waals surface area contributed by atoms with Crippen LogP contribution in [0.25, 0.3) is 0 Å². The summed E-state index contributed by atoms with van der Waals surface area (Å²) < 4.78 is 0. The van der Waals surface area contributed by atoms with Crippen LogP contribution in [0.2, 0.25) is 0 Å². The molecule has 1 atom stereocenters. The normalized spacial score (nSPS) is 33.9. The SMILES string of the molecule is O=C1CCC2(CCCNCC2)N1CC1CCCCC1. The van der Waals surface area contributed by atoms with Crippen molar-refractivity contribution in [3.05, 3.63) is 0 Å². The van der Waals surface area contributed by atoms with E-state index in [2.05, 4.69) is 10.2 Å². The second-order valence-electron chi connectivity index (χ2n) is 6.84. The standard InChI is InChI=1S/C16H28N2O/c19-15-7-9-16(8-4-11-17-12-10-16)18(15)13-14-5-2-1-3-6-14/h14,17H,1-13H2. The van der Waals surface area contributed by atoms with Gasteiger partial charge in [0.25, 0.3) is 0 Å². The molecule has 3 rings (SSSR count). The summed E-state index contributed by atoms with van der Waals surface area (Å²) in [4.78, 5) is 14.7. The molecule has 1 aliphatic carbocycles. The molecule has 1 N–H and O–H groups in total. The van der Waals surface area contributed by atoms with Crippen LogP contribution in [-0.2, 0) is 4.79 Å². The van der Waals surface area contributed by atoms with Crippen molar-refractivity contribution in [3.63, 3.8) is 0 Å². The average Bonchev–Trinajstić information content (AvgIpc) is 2.64. The van der Waals surface area contributed by atoms with Crippen LogP contribution in [0, 0.1) is 5.92 Å². The molecule has 3 aliphatic rings. The van der Waals surface area contributed by atoms with Gasteiger partial charge in [0, 0.05) is 18.5 Å². The van der Waals surface area contributed by atoms with Crippen LogP contribution in [-0.4, -0.2) is 36.0 Å². The van der Waals surface area contributed by atoms with Crippen LogP contribution < -0.4 is 5.32 Å². The fourth-order valence-corrected chi connectivity index (χ4v) is 4.43. The highest BCUT2D eigenvalue weighted by Gasteiger charge is 2.45. The minimum Gasteiger partial charge on any atom is -0.337 e. The number of rotatable bonds is 2. The molecule has 3 nitrogen and oxygen atoms in total. The van der Waals surface area contributed by atoms with Crippen molar-refractivity contribution in [3.8, 4) is 0 Å². The Bertz CT molecular complexity index is 315. The van der Waals surface area contributed by atoms with Gasteiger partial charge in [-0.25, -0.2) is 0 Å². The number of carbonyl (C=O) groups is 1. The Morgan fingerprint density at radius 1 is 1.05 bits per heavy atom. The summed E-state index contributed by atoms with van der Waals surface area (Å²) in [6, 6.07) is 0. The maximum Gasteiger partial charge on any atom is 0.223 e. The van der Waals surface area contributed by atoms with E-state index in [0.717, 1.165) is 38.4 Å². The summed E-state index contributed by atoms with van der Waals surface area (Å²) in [5.41, 5.74) is 0.220. The third-order valence-corrected chi connectivity index (χ3v) is 5.61. The van der Waals surface area contributed by atoms with E-state index >= 15 is 0 Å². The molecule has 2 saturated heterocycles. The Balaban J connectivity index is 1.69. The van der Waals surface area contributed by atoms with Crippen LogP contribution in [0.1, 0.15) is 64.2 Å². The minimum atomic E-state index is 0.220. The van der Waals surface area contributed by atoms with E-state index in [1.54, 1.807) is 0 Å². The van der Waals surface area contributed by atoms with Gasteiger partial charge >= 0.3 is 0 Å². The third kappa shape index (κ3) is 2.81. The van der Waals surface area contributed by atoms with Crippen molar-refractivity contribution in [2.75, 3.05) is 19.6 Å². The van der Waals surface area contributed by atoms with E-state index in [0.29, 0.717) is 5.91 Å². The van der Waals surface area contributed by atoms with Gasteiger partial charge in [-0.2, -0.15) is 0 Å². The van der Waals surface area contributed by atoms with Crippen molar-refractivity contribution in [1.82, 2.24) is 10.2 Å². The number of nitrogens with one attached hydrogen (secondary N) is 1. The molecule has 2 aliphatic heterocycles. The average molecular weight is 264 g/mol. The molecule has 1 unspecified atom stereocenters. The van der Waals surface area contributed by atoms with Gasteiger partial charge in [0.05, 0.1) is 0 Å². The van der Waals surface area contributed by atoms with Crippen molar-refractivity contribution < 1.29 is 4.79 Å². The predicted octanol–water partition coefficient (Wildman–Crippen LogP) is 2.70. The number of carbonyl (C=O) groups excluding carboxylic acids is 1. The Morgan fingerprint density at radius 2 is 1.89 bits per heavy atom. The second-order valence-corrected chi connectivity index (χ2v) is 6.84. The van der Waals surface area contributed by atoms with Crippen LogP contribution in [0.5, 0.6) is 0 Å². The largest absolute Gasteiger partial charge is 0.337 e. The number of amides is 1. The topological polar surface area (TPSA) is 32.3 Å². The summed E-state index contributed by atoms with van der Waals surface area (Å²) >= 11 is 0. The van der Waals surface area contributed by atoms with E-state index in [1.807, 2.05) is 0 Å². The first-order valence-electron chi connectivity index (χ1n) is 8.31. The highest BCUT2D eigenvalue weighted by molar-refractivity contribution is 5.79. The van der Waals surface area contributed by atoms with Gasteiger partial charge in [0.1, 0.15) is 0 Å². The lowest BCUT2D eigenvalue weighted by molar-refractivity contribution is -0.132. The van der Waals surface area contributed by atoms with Crippen molar-refractivity contribution >= 4 is 5.91 Å². The molecule has 1 spiro atoms. The molecule has 108 valence electrons. The maximum atomic E-state index is 12.3. The molecular weight excluding hydrogens is 236 g/mol. The Kier molecular flexibility index (Phi) is 4.11. The number of hydrogen-bond donors (Lipinski definition) is 1. The van der Waals surface area contributed by atoms with Crippen LogP contribution in [0.4, 0.5) is 0 Å². The zero-order valence-corrected chi connectivity index (χ0v) is 12.1. The Morgan fingerprint density at radius 3 is 2.74 bits per heavy atom. The molecule has 0 radical (unpaired) electrons. The lowest BCUT2D eigenvalue weighted by atomic mass is 9.84. The van der Waals surface area contributed by atoms with Crippen LogP contribution in [0.3, 0.4) is 0 Å². The van der Waals surface area contributed by atoms with Crippen molar-refractivity contribution in [2.45, 2.75) is 69.7 Å². The molecule has 3 heteroatoms. The Labute approximate surface area is 117 Å². The van der Waals surface area contributed by atoms with E-state index in [9.17, 15) is 4.79 Å². The van der Waals surface area contributed by atoms with Gasteiger partial charge in [-0.15, -0.1) is 0 Å². The highest BCUT2D eigenvalue weighted by Crippen LogP contribution is 2.39. The minimum absolute atomic E-state index is 0.220. The first kappa shape index (κ1) is 13.4. The fraction of sp³-hybridized carbons (Fsp3) is 0.938. The Hall–Kier alpha value is -0.570. The first-order valence-corrected chi connectivity index (χ1v) is 8.31. The highest BCUT2D eigenvalue weighted by atomic mass is 16.2. The van der Waals surface area contributed by atoms with Gasteiger partial charge < -0.3 is 10.2 Å². The lowest BCUT2D eigenvalue weighted by Gasteiger charge is -2.40. The molecular formula is C16H28N2O. The van der Waals surface area contributed by atoms with Crippen LogP contribution >= 0.6 is 0 Å². The van der Waals surface area contributed by atoms with Gasteiger partial charge in [-0.1, -0.05) is 19.3 Å². The molecule has 1 amide bonds. The number of likely N-dealkylation sites (tertiary alicyclic amines) is 1. The van der Waals surface area contributed by atoms with E-state index < -0.39 is 0 Å². The molecule has 0 aromatic carbocycles. The summed E-state index contributed by atoms with van der Waals surface area (Å²) in [7, 11) is 0. The number of hydrogen-bond acceptors (Lipinski definition) is 2. The third-order valence-electron chi connectivity index (χ3n) is 5.61. The van der Waals surface area contributed by atoms with Gasteiger partial charge in [-0.3, -0.25) is 4.79 Å². The maximum absolute atomic E-state index is 12.3. The predicted molar refractivity (Wildman–Crippen MR) is 77.0 cm³/mol. The van der Waals surface area contributed by atoms with E-state index in [4.69, 9.17) is 0 Å².